The van der Waals surface area contributed by atoms with Crippen LogP contribution in [-0.2, 0) is 0 Å². The summed E-state index contributed by atoms with van der Waals surface area (Å²) in [6.45, 7) is 3.58. The number of phenols is 1. The molecule has 0 spiro atoms. The number of hydrogen-bond acceptors (Lipinski definition) is 3. The first-order valence-electron chi connectivity index (χ1n) is 4.18. The largest absolute Gasteiger partial charge is 0.508 e. The van der Waals surface area contributed by atoms with Crippen molar-refractivity contribution in [1.82, 2.24) is 5.16 Å². The molecule has 1 N–H and O–H groups in total. The van der Waals surface area contributed by atoms with Gasteiger partial charge in [-0.2, -0.15) is 0 Å². The lowest BCUT2D eigenvalue weighted by Crippen LogP contribution is -1.74. The molecule has 2 aromatic rings. The van der Waals surface area contributed by atoms with E-state index in [-0.39, 0.29) is 5.75 Å². The summed E-state index contributed by atoms with van der Waals surface area (Å²) >= 11 is 0. The van der Waals surface area contributed by atoms with Crippen molar-refractivity contribution in [3.63, 3.8) is 0 Å². The molecule has 0 fully saturated rings. The zero-order valence-electron chi connectivity index (χ0n) is 7.47. The summed E-state index contributed by atoms with van der Waals surface area (Å²) in [5, 5.41) is 13.0. The van der Waals surface area contributed by atoms with E-state index in [4.69, 9.17) is 9.63 Å². The lowest BCUT2D eigenvalue weighted by molar-refractivity contribution is 0.415. The maximum atomic E-state index is 9.09. The van der Waals surface area contributed by atoms with Gasteiger partial charge in [-0.05, 0) is 30.3 Å². The highest BCUT2D eigenvalue weighted by atomic mass is 16.5. The highest BCUT2D eigenvalue weighted by Crippen LogP contribution is 2.21. The number of rotatable bonds is 2. The molecule has 14 heavy (non-hydrogen) atoms. The van der Waals surface area contributed by atoms with Crippen molar-refractivity contribution in [2.75, 3.05) is 0 Å². The van der Waals surface area contributed by atoms with Crippen LogP contribution in [-0.4, -0.2) is 10.3 Å². The predicted octanol–water partition coefficient (Wildman–Crippen LogP) is 2.69. The Kier molecular flexibility index (Phi) is 2.07. The highest BCUT2D eigenvalue weighted by Gasteiger charge is 2.03. The molecule has 1 aromatic carbocycles. The summed E-state index contributed by atoms with van der Waals surface area (Å²) in [4.78, 5) is 0. The second kappa shape index (κ2) is 3.38. The Labute approximate surface area is 81.3 Å². The van der Waals surface area contributed by atoms with Crippen molar-refractivity contribution in [2.24, 2.45) is 0 Å². The second-order valence-corrected chi connectivity index (χ2v) is 2.87. The van der Waals surface area contributed by atoms with Crippen LogP contribution in [0, 0.1) is 0 Å². The molecule has 0 aliphatic rings. The topological polar surface area (TPSA) is 46.3 Å². The van der Waals surface area contributed by atoms with Gasteiger partial charge < -0.3 is 9.63 Å². The Balaban J connectivity index is 2.39. The minimum absolute atomic E-state index is 0.237. The van der Waals surface area contributed by atoms with Crippen LogP contribution in [0.25, 0.3) is 17.3 Å². The van der Waals surface area contributed by atoms with E-state index in [1.807, 2.05) is 0 Å². The van der Waals surface area contributed by atoms with E-state index >= 15 is 0 Å². The Morgan fingerprint density at radius 1 is 1.29 bits per heavy atom. The molecule has 70 valence electrons. The van der Waals surface area contributed by atoms with E-state index in [1.165, 1.54) is 0 Å². The second-order valence-electron chi connectivity index (χ2n) is 2.87. The van der Waals surface area contributed by atoms with Crippen LogP contribution in [0.2, 0.25) is 0 Å². The van der Waals surface area contributed by atoms with Gasteiger partial charge in [0, 0.05) is 11.6 Å². The maximum absolute atomic E-state index is 9.09. The third-order valence-corrected chi connectivity index (χ3v) is 1.89. The van der Waals surface area contributed by atoms with E-state index in [9.17, 15) is 0 Å². The van der Waals surface area contributed by atoms with E-state index in [0.717, 1.165) is 11.3 Å². The molecule has 3 heteroatoms. The van der Waals surface area contributed by atoms with Crippen LogP contribution in [0.4, 0.5) is 0 Å². The normalized spacial score (nSPS) is 10.0. The lowest BCUT2D eigenvalue weighted by atomic mass is 10.1. The van der Waals surface area contributed by atoms with Crippen molar-refractivity contribution in [3.05, 3.63) is 42.7 Å². The van der Waals surface area contributed by atoms with E-state index < -0.39 is 0 Å². The van der Waals surface area contributed by atoms with Gasteiger partial charge in [-0.1, -0.05) is 11.7 Å². The minimum atomic E-state index is 0.237. The number of hydrogen-bond donors (Lipinski definition) is 1. The smallest absolute Gasteiger partial charge is 0.159 e. The Bertz CT molecular complexity index is 443. The zero-order chi connectivity index (χ0) is 9.97. The number of aromatic nitrogens is 1. The number of phenolic OH excluding ortho intramolecular Hbond substituents is 1. The molecule has 0 amide bonds. The third-order valence-electron chi connectivity index (χ3n) is 1.89. The van der Waals surface area contributed by atoms with Gasteiger partial charge in [0.15, 0.2) is 5.76 Å². The molecule has 0 aliphatic carbocycles. The van der Waals surface area contributed by atoms with Crippen molar-refractivity contribution >= 4 is 6.08 Å². The molecule has 1 aromatic heterocycles. The summed E-state index contributed by atoms with van der Waals surface area (Å²) < 4.78 is 4.97. The fraction of sp³-hybridized carbons (Fsp3) is 0. The lowest BCUT2D eigenvalue weighted by Gasteiger charge is -1.94. The van der Waals surface area contributed by atoms with E-state index in [1.54, 1.807) is 36.4 Å². The first-order valence-corrected chi connectivity index (χ1v) is 4.18. The maximum Gasteiger partial charge on any atom is 0.159 e. The van der Waals surface area contributed by atoms with Crippen molar-refractivity contribution in [3.8, 4) is 17.0 Å². The molecule has 0 atom stereocenters. The van der Waals surface area contributed by atoms with Gasteiger partial charge >= 0.3 is 0 Å². The zero-order valence-corrected chi connectivity index (χ0v) is 7.47. The van der Waals surface area contributed by atoms with Gasteiger partial charge in [0.2, 0.25) is 0 Å². The van der Waals surface area contributed by atoms with Crippen LogP contribution >= 0.6 is 0 Å². The molecular weight excluding hydrogens is 178 g/mol. The highest BCUT2D eigenvalue weighted by molar-refractivity contribution is 5.61. The van der Waals surface area contributed by atoms with Gasteiger partial charge in [0.05, 0.1) is 0 Å². The first kappa shape index (κ1) is 8.56. The van der Waals surface area contributed by atoms with Gasteiger partial charge in [0.1, 0.15) is 11.4 Å². The Morgan fingerprint density at radius 2 is 2.00 bits per heavy atom. The van der Waals surface area contributed by atoms with E-state index in [2.05, 4.69) is 11.7 Å². The summed E-state index contributed by atoms with van der Waals surface area (Å²) in [6, 6.07) is 8.56. The van der Waals surface area contributed by atoms with Crippen molar-refractivity contribution in [1.29, 1.82) is 0 Å². The predicted molar refractivity (Wildman–Crippen MR) is 53.7 cm³/mol. The molecule has 2 rings (SSSR count). The van der Waals surface area contributed by atoms with Gasteiger partial charge in [-0.15, -0.1) is 0 Å². The molecule has 0 bridgehead atoms. The molecule has 0 unspecified atom stereocenters. The number of nitrogens with zero attached hydrogens (tertiary/aromatic N) is 1. The van der Waals surface area contributed by atoms with Crippen LogP contribution in [0.5, 0.6) is 5.75 Å². The molecule has 0 saturated heterocycles. The fourth-order valence-electron chi connectivity index (χ4n) is 1.15. The summed E-state index contributed by atoms with van der Waals surface area (Å²) in [5.41, 5.74) is 1.64. The summed E-state index contributed by atoms with van der Waals surface area (Å²) in [5.74, 6) is 0.870. The molecule has 0 radical (unpaired) electrons. The van der Waals surface area contributed by atoms with Gasteiger partial charge in [-0.25, -0.2) is 0 Å². The molecule has 0 aliphatic heterocycles. The average molecular weight is 187 g/mol. The van der Waals surface area contributed by atoms with E-state index in [0.29, 0.717) is 5.76 Å². The summed E-state index contributed by atoms with van der Waals surface area (Å²) in [7, 11) is 0. The fourth-order valence-corrected chi connectivity index (χ4v) is 1.15. The monoisotopic (exact) mass is 187 g/mol. The third kappa shape index (κ3) is 1.52. The minimum Gasteiger partial charge on any atom is -0.508 e. The average Bonchev–Trinajstić information content (AvgIpc) is 2.67. The summed E-state index contributed by atoms with van der Waals surface area (Å²) in [6.07, 6.45) is 1.59. The Hall–Kier alpha value is -2.03. The number of benzene rings is 1. The van der Waals surface area contributed by atoms with Crippen molar-refractivity contribution in [2.45, 2.75) is 0 Å². The Morgan fingerprint density at radius 3 is 2.57 bits per heavy atom. The molecule has 0 saturated carbocycles. The van der Waals surface area contributed by atoms with Crippen LogP contribution in [0.3, 0.4) is 0 Å². The van der Waals surface area contributed by atoms with Gasteiger partial charge in [-0.3, -0.25) is 0 Å². The van der Waals surface area contributed by atoms with Crippen LogP contribution in [0.1, 0.15) is 5.76 Å². The first-order chi connectivity index (χ1) is 6.79. The van der Waals surface area contributed by atoms with Crippen molar-refractivity contribution < 1.29 is 9.63 Å². The molecule has 3 nitrogen and oxygen atoms in total. The number of aromatic hydroxyl groups is 1. The standard InChI is InChI=1S/C11H9NO2/c1-2-10-7-11(12-14-10)8-3-5-9(13)6-4-8/h2-7,13H,1H2. The SMILES string of the molecule is C=Cc1cc(-c2ccc(O)cc2)no1. The van der Waals surface area contributed by atoms with Crippen LogP contribution < -0.4 is 0 Å². The van der Waals surface area contributed by atoms with Crippen LogP contribution in [0.15, 0.2) is 41.4 Å². The van der Waals surface area contributed by atoms with Gasteiger partial charge in [0.25, 0.3) is 0 Å². The quantitative estimate of drug-likeness (QED) is 0.786. The molecular formula is C11H9NO2. The molecule has 1 heterocycles.